The van der Waals surface area contributed by atoms with E-state index < -0.39 is 0 Å². The fourth-order valence-electron chi connectivity index (χ4n) is 3.44. The van der Waals surface area contributed by atoms with Crippen LogP contribution in [0.3, 0.4) is 0 Å². The summed E-state index contributed by atoms with van der Waals surface area (Å²) in [4.78, 5) is 2.45. The van der Waals surface area contributed by atoms with E-state index in [1.807, 2.05) is 0 Å². The average molecular weight is 295 g/mol. The molecular weight excluding hydrogens is 270 g/mol. The van der Waals surface area contributed by atoms with E-state index in [-0.39, 0.29) is 12.1 Å². The third-order valence-corrected chi connectivity index (χ3v) is 4.62. The van der Waals surface area contributed by atoms with Gasteiger partial charge in [-0.25, -0.2) is 0 Å². The van der Waals surface area contributed by atoms with Gasteiger partial charge in [0.15, 0.2) is 0 Å². The predicted octanol–water partition coefficient (Wildman–Crippen LogP) is 3.99. The second-order valence-corrected chi connectivity index (χ2v) is 6.30. The van der Waals surface area contributed by atoms with Gasteiger partial charge in [-0.05, 0) is 24.0 Å². The summed E-state index contributed by atoms with van der Waals surface area (Å²) in [6, 6.07) is 21.4. The monoisotopic (exact) mass is 295 g/mol. The fourth-order valence-corrected chi connectivity index (χ4v) is 3.44. The molecule has 0 aliphatic heterocycles. The van der Waals surface area contributed by atoms with Crippen LogP contribution in [-0.2, 0) is 13.1 Å². The predicted molar refractivity (Wildman–Crippen MR) is 90.4 cm³/mol. The molecule has 1 fully saturated rings. The Labute approximate surface area is 133 Å². The van der Waals surface area contributed by atoms with E-state index in [1.54, 1.807) is 0 Å². The van der Waals surface area contributed by atoms with Crippen LogP contribution in [0, 0.1) is 0 Å². The van der Waals surface area contributed by atoms with Gasteiger partial charge in [-0.2, -0.15) is 0 Å². The third kappa shape index (κ3) is 3.96. The van der Waals surface area contributed by atoms with Crippen molar-refractivity contribution < 1.29 is 5.11 Å². The van der Waals surface area contributed by atoms with E-state index in [9.17, 15) is 5.11 Å². The van der Waals surface area contributed by atoms with Crippen molar-refractivity contribution in [3.63, 3.8) is 0 Å². The van der Waals surface area contributed by atoms with Crippen molar-refractivity contribution in [2.24, 2.45) is 0 Å². The van der Waals surface area contributed by atoms with Crippen LogP contribution in [0.4, 0.5) is 0 Å². The standard InChI is InChI=1S/C20H25NO/c22-20-14-8-7-13-19(20)21(15-17-9-3-1-4-10-17)16-18-11-5-2-6-12-18/h1-6,9-12,19-20,22H,7-8,13-16H2. The van der Waals surface area contributed by atoms with Crippen LogP contribution in [0.5, 0.6) is 0 Å². The van der Waals surface area contributed by atoms with Crippen LogP contribution in [0.1, 0.15) is 36.8 Å². The minimum absolute atomic E-state index is 0.193. The van der Waals surface area contributed by atoms with E-state index in [0.717, 1.165) is 32.4 Å². The first-order chi connectivity index (χ1) is 10.8. The summed E-state index contributed by atoms with van der Waals surface area (Å²) in [6.07, 6.45) is 4.22. The SMILES string of the molecule is OC1CCCCC1N(Cc1ccccc1)Cc1ccccc1. The van der Waals surface area contributed by atoms with Gasteiger partial charge < -0.3 is 5.11 Å². The summed E-state index contributed by atoms with van der Waals surface area (Å²) >= 11 is 0. The van der Waals surface area contributed by atoms with Crippen molar-refractivity contribution in [3.8, 4) is 0 Å². The highest BCUT2D eigenvalue weighted by Crippen LogP contribution is 2.26. The summed E-state index contributed by atoms with van der Waals surface area (Å²) in [7, 11) is 0. The Morgan fingerprint density at radius 2 is 1.27 bits per heavy atom. The van der Waals surface area contributed by atoms with Crippen LogP contribution in [0.15, 0.2) is 60.7 Å². The molecule has 0 aromatic heterocycles. The molecule has 0 heterocycles. The van der Waals surface area contributed by atoms with E-state index >= 15 is 0 Å². The summed E-state index contributed by atoms with van der Waals surface area (Å²) in [5.41, 5.74) is 2.63. The maximum atomic E-state index is 10.5. The molecule has 2 aromatic rings. The summed E-state index contributed by atoms with van der Waals surface area (Å²) in [5, 5.41) is 10.5. The maximum absolute atomic E-state index is 10.5. The van der Waals surface area contributed by atoms with Gasteiger partial charge >= 0.3 is 0 Å². The molecule has 2 nitrogen and oxygen atoms in total. The largest absolute Gasteiger partial charge is 0.391 e. The van der Waals surface area contributed by atoms with Crippen molar-refractivity contribution >= 4 is 0 Å². The molecule has 1 aliphatic rings. The van der Waals surface area contributed by atoms with Gasteiger partial charge in [0.25, 0.3) is 0 Å². The number of hydrogen-bond donors (Lipinski definition) is 1. The van der Waals surface area contributed by atoms with Crippen molar-refractivity contribution in [2.75, 3.05) is 0 Å². The molecule has 0 spiro atoms. The van der Waals surface area contributed by atoms with Gasteiger partial charge in [-0.15, -0.1) is 0 Å². The fraction of sp³-hybridized carbons (Fsp3) is 0.400. The zero-order chi connectivity index (χ0) is 15.2. The lowest BCUT2D eigenvalue weighted by atomic mass is 9.90. The normalized spacial score (nSPS) is 21.9. The van der Waals surface area contributed by atoms with Crippen LogP contribution >= 0.6 is 0 Å². The minimum atomic E-state index is -0.193. The van der Waals surface area contributed by atoms with Crippen LogP contribution in [-0.4, -0.2) is 22.2 Å². The van der Waals surface area contributed by atoms with Gasteiger partial charge in [0.2, 0.25) is 0 Å². The second-order valence-electron chi connectivity index (χ2n) is 6.30. The first kappa shape index (κ1) is 15.3. The molecule has 2 heteroatoms. The van der Waals surface area contributed by atoms with E-state index in [0.29, 0.717) is 0 Å². The molecule has 3 rings (SSSR count). The zero-order valence-electron chi connectivity index (χ0n) is 13.1. The van der Waals surface area contributed by atoms with E-state index in [2.05, 4.69) is 65.6 Å². The van der Waals surface area contributed by atoms with Gasteiger partial charge in [0, 0.05) is 19.1 Å². The van der Waals surface area contributed by atoms with Gasteiger partial charge in [-0.1, -0.05) is 73.5 Å². The van der Waals surface area contributed by atoms with E-state index in [1.165, 1.54) is 17.5 Å². The van der Waals surface area contributed by atoms with Gasteiger partial charge in [0.1, 0.15) is 0 Å². The van der Waals surface area contributed by atoms with Crippen LogP contribution < -0.4 is 0 Å². The lowest BCUT2D eigenvalue weighted by Gasteiger charge is -2.38. The topological polar surface area (TPSA) is 23.5 Å². The zero-order valence-corrected chi connectivity index (χ0v) is 13.1. The highest BCUT2D eigenvalue weighted by molar-refractivity contribution is 5.17. The number of hydrogen-bond acceptors (Lipinski definition) is 2. The molecule has 2 unspecified atom stereocenters. The quantitative estimate of drug-likeness (QED) is 0.901. The highest BCUT2D eigenvalue weighted by atomic mass is 16.3. The molecule has 1 saturated carbocycles. The van der Waals surface area contributed by atoms with Crippen LogP contribution in [0.25, 0.3) is 0 Å². The molecule has 0 radical (unpaired) electrons. The molecule has 2 atom stereocenters. The number of aliphatic hydroxyl groups is 1. The number of aliphatic hydroxyl groups excluding tert-OH is 1. The summed E-state index contributed by atoms with van der Waals surface area (Å²) < 4.78 is 0. The molecule has 0 saturated heterocycles. The smallest absolute Gasteiger partial charge is 0.0695 e. The summed E-state index contributed by atoms with van der Waals surface area (Å²) in [5.74, 6) is 0. The molecule has 116 valence electrons. The second kappa shape index (κ2) is 7.57. The third-order valence-electron chi connectivity index (χ3n) is 4.62. The number of benzene rings is 2. The summed E-state index contributed by atoms with van der Waals surface area (Å²) in [6.45, 7) is 1.80. The van der Waals surface area contributed by atoms with Crippen molar-refractivity contribution in [1.29, 1.82) is 0 Å². The molecule has 1 aliphatic carbocycles. The molecule has 0 amide bonds. The Hall–Kier alpha value is -1.64. The van der Waals surface area contributed by atoms with Crippen molar-refractivity contribution in [2.45, 2.75) is 50.9 Å². The Bertz CT molecular complexity index is 513. The molecule has 22 heavy (non-hydrogen) atoms. The van der Waals surface area contributed by atoms with E-state index in [4.69, 9.17) is 0 Å². The lowest BCUT2D eigenvalue weighted by molar-refractivity contribution is 0.0114. The van der Waals surface area contributed by atoms with Gasteiger partial charge in [-0.3, -0.25) is 4.90 Å². The Balaban J connectivity index is 1.78. The molecule has 1 N–H and O–H groups in total. The maximum Gasteiger partial charge on any atom is 0.0695 e. The number of nitrogens with zero attached hydrogens (tertiary/aromatic N) is 1. The molecule has 0 bridgehead atoms. The highest BCUT2D eigenvalue weighted by Gasteiger charge is 2.28. The van der Waals surface area contributed by atoms with Crippen LogP contribution in [0.2, 0.25) is 0 Å². The first-order valence-corrected chi connectivity index (χ1v) is 8.33. The first-order valence-electron chi connectivity index (χ1n) is 8.33. The minimum Gasteiger partial charge on any atom is -0.391 e. The Morgan fingerprint density at radius 1 is 0.773 bits per heavy atom. The Kier molecular flexibility index (Phi) is 5.25. The van der Waals surface area contributed by atoms with Crippen molar-refractivity contribution in [3.05, 3.63) is 71.8 Å². The van der Waals surface area contributed by atoms with Gasteiger partial charge in [0.05, 0.1) is 6.10 Å². The van der Waals surface area contributed by atoms with Crippen molar-refractivity contribution in [1.82, 2.24) is 4.90 Å². The average Bonchev–Trinajstić information content (AvgIpc) is 2.57. The lowest BCUT2D eigenvalue weighted by Crippen LogP contribution is -2.44. The molecule has 2 aromatic carbocycles. The molecular formula is C20H25NO. The number of rotatable bonds is 5. The Morgan fingerprint density at radius 3 is 1.77 bits per heavy atom.